The van der Waals surface area contributed by atoms with Crippen molar-refractivity contribution in [1.82, 2.24) is 4.98 Å². The zero-order valence-corrected chi connectivity index (χ0v) is 17.6. The van der Waals surface area contributed by atoms with Crippen molar-refractivity contribution < 1.29 is 22.7 Å². The van der Waals surface area contributed by atoms with Gasteiger partial charge in [0.15, 0.2) is 0 Å². The zero-order chi connectivity index (χ0) is 23.3. The Morgan fingerprint density at radius 3 is 2.44 bits per heavy atom. The average Bonchev–Trinajstić information content (AvgIpc) is 3.26. The van der Waals surface area contributed by atoms with E-state index in [1.807, 2.05) is 12.1 Å². The van der Waals surface area contributed by atoms with Gasteiger partial charge in [0, 0.05) is 16.1 Å². The van der Waals surface area contributed by atoms with Gasteiger partial charge in [-0.25, -0.2) is 4.98 Å². The lowest BCUT2D eigenvalue weighted by atomic mass is 10.0. The van der Waals surface area contributed by atoms with Crippen LogP contribution in [-0.2, 0) is 4.79 Å². The third kappa shape index (κ3) is 5.49. The van der Waals surface area contributed by atoms with Gasteiger partial charge in [-0.2, -0.15) is 10.5 Å². The number of carbonyl (C=O) groups excluding carboxylic acids is 1. The van der Waals surface area contributed by atoms with E-state index in [4.69, 9.17) is 5.73 Å². The maximum Gasteiger partial charge on any atom is 0.573 e. The Balaban J connectivity index is 1.75. The Kier molecular flexibility index (Phi) is 6.88. The third-order valence-corrected chi connectivity index (χ3v) is 5.76. The van der Waals surface area contributed by atoms with Gasteiger partial charge in [0.1, 0.15) is 34.3 Å². The van der Waals surface area contributed by atoms with Gasteiger partial charge in [-0.05, 0) is 35.7 Å². The van der Waals surface area contributed by atoms with Crippen LogP contribution in [0.3, 0.4) is 0 Å². The molecule has 0 aliphatic heterocycles. The number of carbonyl (C=O) groups is 1. The van der Waals surface area contributed by atoms with Crippen LogP contribution in [0.1, 0.15) is 11.1 Å². The summed E-state index contributed by atoms with van der Waals surface area (Å²) >= 11 is 2.28. The molecule has 3 rings (SSSR count). The fraction of sp³-hybridized carbons (Fsp3) is 0.100. The van der Waals surface area contributed by atoms with Crippen molar-refractivity contribution in [2.75, 3.05) is 16.8 Å². The molecule has 162 valence electrons. The summed E-state index contributed by atoms with van der Waals surface area (Å²) in [5.74, 6) is -1.11. The third-order valence-electron chi connectivity index (χ3n) is 3.89. The van der Waals surface area contributed by atoms with Crippen LogP contribution in [0.4, 0.5) is 24.7 Å². The number of halogens is 3. The first-order valence-electron chi connectivity index (χ1n) is 8.68. The Labute approximate surface area is 188 Å². The quantitative estimate of drug-likeness (QED) is 0.492. The minimum Gasteiger partial charge on any atom is -0.406 e. The maximum atomic E-state index is 12.3. The van der Waals surface area contributed by atoms with Gasteiger partial charge in [-0.15, -0.1) is 24.5 Å². The highest BCUT2D eigenvalue weighted by Crippen LogP contribution is 2.37. The summed E-state index contributed by atoms with van der Waals surface area (Å²) in [6.45, 7) is 0. The average molecular weight is 475 g/mol. The molecule has 0 saturated carbocycles. The maximum absolute atomic E-state index is 12.3. The fourth-order valence-corrected chi connectivity index (χ4v) is 4.22. The van der Waals surface area contributed by atoms with E-state index < -0.39 is 18.0 Å². The molecular formula is C20H12F3N5O2S2. The molecule has 0 bridgehead atoms. The van der Waals surface area contributed by atoms with E-state index in [0.29, 0.717) is 10.4 Å². The molecule has 2 aromatic heterocycles. The van der Waals surface area contributed by atoms with E-state index in [-0.39, 0.29) is 33.4 Å². The molecule has 0 aliphatic rings. The summed E-state index contributed by atoms with van der Waals surface area (Å²) in [7, 11) is 0. The lowest BCUT2D eigenvalue weighted by Crippen LogP contribution is -2.17. The molecule has 32 heavy (non-hydrogen) atoms. The number of ether oxygens (including phenoxy) is 1. The molecular weight excluding hydrogens is 463 g/mol. The van der Waals surface area contributed by atoms with Crippen molar-refractivity contribution in [3.63, 3.8) is 0 Å². The number of alkyl halides is 3. The molecule has 0 aliphatic carbocycles. The van der Waals surface area contributed by atoms with Gasteiger partial charge in [0.05, 0.1) is 11.3 Å². The number of nitrogens with zero attached hydrogens (tertiary/aromatic N) is 3. The van der Waals surface area contributed by atoms with Crippen LogP contribution < -0.4 is 15.8 Å². The van der Waals surface area contributed by atoms with E-state index in [1.165, 1.54) is 23.5 Å². The normalized spacial score (nSPS) is 10.8. The number of benzene rings is 1. The van der Waals surface area contributed by atoms with Gasteiger partial charge >= 0.3 is 6.36 Å². The Morgan fingerprint density at radius 1 is 1.19 bits per heavy atom. The number of nitriles is 2. The molecule has 12 heteroatoms. The second-order valence-electron chi connectivity index (χ2n) is 6.04. The first kappa shape index (κ1) is 22.9. The molecule has 0 saturated heterocycles. The summed E-state index contributed by atoms with van der Waals surface area (Å²) in [5, 5.41) is 23.6. The summed E-state index contributed by atoms with van der Waals surface area (Å²) in [4.78, 5) is 17.1. The summed E-state index contributed by atoms with van der Waals surface area (Å²) in [6, 6.07) is 12.2. The van der Waals surface area contributed by atoms with Gasteiger partial charge in [0.2, 0.25) is 5.91 Å². The Hall–Kier alpha value is -3.74. The van der Waals surface area contributed by atoms with Crippen LogP contribution in [0.2, 0.25) is 0 Å². The minimum atomic E-state index is -4.81. The van der Waals surface area contributed by atoms with Crippen molar-refractivity contribution in [3.8, 4) is 28.3 Å². The summed E-state index contributed by atoms with van der Waals surface area (Å²) < 4.78 is 40.4. The summed E-state index contributed by atoms with van der Waals surface area (Å²) in [6.07, 6.45) is -4.81. The number of nitrogens with two attached hydrogens (primary N) is 1. The number of pyridine rings is 1. The molecule has 3 aromatic rings. The number of thiophene rings is 1. The highest BCUT2D eigenvalue weighted by molar-refractivity contribution is 8.00. The van der Waals surface area contributed by atoms with Crippen molar-refractivity contribution in [2.45, 2.75) is 11.4 Å². The molecule has 0 fully saturated rings. The van der Waals surface area contributed by atoms with Gasteiger partial charge in [0.25, 0.3) is 0 Å². The van der Waals surface area contributed by atoms with Gasteiger partial charge < -0.3 is 15.8 Å². The topological polar surface area (TPSA) is 125 Å². The molecule has 1 amide bonds. The molecule has 7 nitrogen and oxygen atoms in total. The molecule has 0 radical (unpaired) electrons. The van der Waals surface area contributed by atoms with Gasteiger partial charge in [-0.3, -0.25) is 4.79 Å². The highest BCUT2D eigenvalue weighted by atomic mass is 32.2. The molecule has 0 unspecified atom stereocenters. The largest absolute Gasteiger partial charge is 0.573 e. The number of aromatic nitrogens is 1. The first-order chi connectivity index (χ1) is 15.2. The number of anilines is 2. The predicted molar refractivity (Wildman–Crippen MR) is 114 cm³/mol. The van der Waals surface area contributed by atoms with E-state index in [2.05, 4.69) is 15.0 Å². The lowest BCUT2D eigenvalue weighted by molar-refractivity contribution is -0.274. The molecule has 3 N–H and O–H groups in total. The first-order valence-corrected chi connectivity index (χ1v) is 10.5. The lowest BCUT2D eigenvalue weighted by Gasteiger charge is -2.12. The van der Waals surface area contributed by atoms with E-state index in [0.717, 1.165) is 23.9 Å². The number of amides is 1. The van der Waals surface area contributed by atoms with Gasteiger partial charge in [-0.1, -0.05) is 17.8 Å². The summed E-state index contributed by atoms with van der Waals surface area (Å²) in [5.41, 5.74) is 6.74. The number of hydrogen-bond donors (Lipinski definition) is 2. The van der Waals surface area contributed by atoms with E-state index >= 15 is 0 Å². The van der Waals surface area contributed by atoms with Crippen molar-refractivity contribution in [1.29, 1.82) is 10.5 Å². The van der Waals surface area contributed by atoms with Crippen LogP contribution in [0.25, 0.3) is 10.4 Å². The second-order valence-corrected chi connectivity index (χ2v) is 7.95. The Morgan fingerprint density at radius 2 is 1.88 bits per heavy atom. The SMILES string of the molecule is N#Cc1c(N)nc(SCC(=O)Nc2ccc(OC(F)(F)F)cc2)c(C#N)c1-c1cccs1. The molecule has 0 spiro atoms. The number of nitrogens with one attached hydrogen (secondary N) is 1. The monoisotopic (exact) mass is 475 g/mol. The molecule has 2 heterocycles. The van der Waals surface area contributed by atoms with E-state index in [1.54, 1.807) is 17.5 Å². The standard InChI is InChI=1S/C20H12F3N5O2S2/c21-20(22,23)30-12-5-3-11(4-6-12)27-16(29)10-32-19-14(9-25)17(15-2-1-7-31-15)13(8-24)18(26)28-19/h1-7H,10H2,(H2,26,28)(H,27,29). The zero-order valence-electron chi connectivity index (χ0n) is 15.9. The van der Waals surface area contributed by atoms with Crippen LogP contribution in [0.5, 0.6) is 5.75 Å². The van der Waals surface area contributed by atoms with Crippen molar-refractivity contribution in [3.05, 3.63) is 52.9 Å². The van der Waals surface area contributed by atoms with E-state index in [9.17, 15) is 28.5 Å². The number of nitrogen functional groups attached to an aromatic ring is 1. The molecule has 0 atom stereocenters. The van der Waals surface area contributed by atoms with Crippen molar-refractivity contribution in [2.24, 2.45) is 0 Å². The number of thioether (sulfide) groups is 1. The fourth-order valence-electron chi connectivity index (χ4n) is 2.64. The smallest absolute Gasteiger partial charge is 0.406 e. The number of hydrogen-bond acceptors (Lipinski definition) is 8. The van der Waals surface area contributed by atoms with Crippen molar-refractivity contribution >= 4 is 40.5 Å². The van der Waals surface area contributed by atoms with Crippen LogP contribution >= 0.6 is 23.1 Å². The second kappa shape index (κ2) is 9.60. The van der Waals surface area contributed by atoms with Crippen LogP contribution in [0.15, 0.2) is 46.8 Å². The predicted octanol–water partition coefficient (Wildman–Crippen LogP) is 4.77. The number of rotatable bonds is 6. The van der Waals surface area contributed by atoms with Crippen LogP contribution in [0, 0.1) is 22.7 Å². The molecule has 1 aromatic carbocycles. The Bertz CT molecular complexity index is 1210. The van der Waals surface area contributed by atoms with Crippen LogP contribution in [-0.4, -0.2) is 23.0 Å². The minimum absolute atomic E-state index is 0.0574. The highest BCUT2D eigenvalue weighted by Gasteiger charge is 2.31.